The third-order valence-corrected chi connectivity index (χ3v) is 4.57. The van der Waals surface area contributed by atoms with Crippen LogP contribution in [-0.4, -0.2) is 41.3 Å². The molecule has 0 aliphatic heterocycles. The van der Waals surface area contributed by atoms with E-state index in [1.54, 1.807) is 0 Å². The van der Waals surface area contributed by atoms with Crippen molar-refractivity contribution in [2.24, 2.45) is 0 Å². The zero-order valence-corrected chi connectivity index (χ0v) is 11.5. The van der Waals surface area contributed by atoms with Crippen LogP contribution >= 0.6 is 0 Å². The first kappa shape index (κ1) is 13.7. The zero-order chi connectivity index (χ0) is 9.94. The van der Waals surface area contributed by atoms with Crippen LogP contribution in [0.15, 0.2) is 0 Å². The van der Waals surface area contributed by atoms with Crippen LogP contribution in [0, 0.1) is 0 Å². The van der Waals surface area contributed by atoms with Gasteiger partial charge in [-0.3, -0.25) is 0 Å². The summed E-state index contributed by atoms with van der Waals surface area (Å²) in [6.45, 7) is 8.61. The standard InChI is InChI=1S/3C3H7O.Sb/c3*1-2-3-4;/h3*2-3H2,1H3;/q3*-1;+3. The Labute approximate surface area is 90.4 Å². The summed E-state index contributed by atoms with van der Waals surface area (Å²) >= 11 is -2.21. The van der Waals surface area contributed by atoms with Gasteiger partial charge in [-0.2, -0.15) is 0 Å². The van der Waals surface area contributed by atoms with Crippen molar-refractivity contribution in [1.29, 1.82) is 0 Å². The van der Waals surface area contributed by atoms with E-state index < -0.39 is 21.5 Å². The Morgan fingerprint density at radius 3 is 1.23 bits per heavy atom. The second-order valence-electron chi connectivity index (χ2n) is 2.72. The molecule has 0 bridgehead atoms. The van der Waals surface area contributed by atoms with Gasteiger partial charge >= 0.3 is 90.4 Å². The first-order valence-corrected chi connectivity index (χ1v) is 8.16. The van der Waals surface area contributed by atoms with Crippen LogP contribution in [-0.2, 0) is 9.05 Å². The van der Waals surface area contributed by atoms with Crippen molar-refractivity contribution in [3.63, 3.8) is 0 Å². The quantitative estimate of drug-likeness (QED) is 0.611. The van der Waals surface area contributed by atoms with Gasteiger partial charge in [-0.15, -0.1) is 0 Å². The molecule has 0 aromatic rings. The van der Waals surface area contributed by atoms with Crippen molar-refractivity contribution in [3.05, 3.63) is 0 Å². The van der Waals surface area contributed by atoms with Gasteiger partial charge in [-0.1, -0.05) is 0 Å². The third-order valence-electron chi connectivity index (χ3n) is 1.20. The molecule has 0 heterocycles. The maximum absolute atomic E-state index is 5.53. The molecule has 3 nitrogen and oxygen atoms in total. The van der Waals surface area contributed by atoms with Crippen LogP contribution < -0.4 is 0 Å². The van der Waals surface area contributed by atoms with E-state index in [1.807, 2.05) is 0 Å². The van der Waals surface area contributed by atoms with E-state index in [2.05, 4.69) is 20.8 Å². The minimum atomic E-state index is -2.21. The SMILES string of the molecule is CCC[O][Sb]([O]CCC)[O]CCC. The molecule has 4 heteroatoms. The molecule has 0 saturated carbocycles. The topological polar surface area (TPSA) is 27.7 Å². The van der Waals surface area contributed by atoms with Crippen molar-refractivity contribution in [3.8, 4) is 0 Å². The van der Waals surface area contributed by atoms with E-state index in [-0.39, 0.29) is 0 Å². The normalized spacial score (nSPS) is 11.1. The molecule has 80 valence electrons. The molecule has 0 aliphatic carbocycles. The Hall–Kier alpha value is 0.698. The van der Waals surface area contributed by atoms with Gasteiger partial charge in [0.1, 0.15) is 0 Å². The van der Waals surface area contributed by atoms with Gasteiger partial charge in [0, 0.05) is 0 Å². The maximum atomic E-state index is 5.53. The summed E-state index contributed by atoms with van der Waals surface area (Å²) in [5.74, 6) is 0. The van der Waals surface area contributed by atoms with Gasteiger partial charge in [0.15, 0.2) is 0 Å². The van der Waals surface area contributed by atoms with Crippen molar-refractivity contribution in [1.82, 2.24) is 0 Å². The molecular formula is C9H21O3Sb. The van der Waals surface area contributed by atoms with E-state index in [9.17, 15) is 0 Å². The Kier molecular flexibility index (Phi) is 11.4. The van der Waals surface area contributed by atoms with Gasteiger partial charge in [0.05, 0.1) is 0 Å². The molecule has 0 amide bonds. The Morgan fingerprint density at radius 1 is 0.692 bits per heavy atom. The molecule has 0 unspecified atom stereocenters. The molecule has 0 aromatic carbocycles. The van der Waals surface area contributed by atoms with Crippen molar-refractivity contribution >= 4 is 21.5 Å². The molecule has 0 aromatic heterocycles. The van der Waals surface area contributed by atoms with Gasteiger partial charge < -0.3 is 0 Å². The van der Waals surface area contributed by atoms with Crippen LogP contribution in [0.2, 0.25) is 0 Å². The molecule has 0 saturated heterocycles. The summed E-state index contributed by atoms with van der Waals surface area (Å²) in [5.41, 5.74) is 0. The van der Waals surface area contributed by atoms with Gasteiger partial charge in [0.25, 0.3) is 0 Å². The second kappa shape index (κ2) is 10.8. The molecule has 0 atom stereocenters. The number of hydrogen-bond acceptors (Lipinski definition) is 3. The van der Waals surface area contributed by atoms with Crippen LogP contribution in [0.4, 0.5) is 0 Å². The summed E-state index contributed by atoms with van der Waals surface area (Å²) in [6, 6.07) is 0. The average molecular weight is 299 g/mol. The Bertz CT molecular complexity index is 81.8. The summed E-state index contributed by atoms with van der Waals surface area (Å²) < 4.78 is 16.6. The fourth-order valence-corrected chi connectivity index (χ4v) is 4.09. The van der Waals surface area contributed by atoms with Crippen LogP contribution in [0.3, 0.4) is 0 Å². The predicted octanol–water partition coefficient (Wildman–Crippen LogP) is 2.25. The predicted molar refractivity (Wildman–Crippen MR) is 54.5 cm³/mol. The van der Waals surface area contributed by atoms with Gasteiger partial charge in [0.2, 0.25) is 0 Å². The Morgan fingerprint density at radius 2 is 1.00 bits per heavy atom. The van der Waals surface area contributed by atoms with Crippen molar-refractivity contribution in [2.45, 2.75) is 40.0 Å². The molecule has 0 radical (unpaired) electrons. The average Bonchev–Trinajstić information content (AvgIpc) is 2.17. The molecule has 0 rings (SSSR count). The van der Waals surface area contributed by atoms with E-state index in [1.165, 1.54) is 0 Å². The monoisotopic (exact) mass is 298 g/mol. The van der Waals surface area contributed by atoms with Crippen LogP contribution in [0.25, 0.3) is 0 Å². The number of hydrogen-bond donors (Lipinski definition) is 0. The van der Waals surface area contributed by atoms with E-state index >= 15 is 0 Å². The van der Waals surface area contributed by atoms with E-state index in [0.29, 0.717) is 0 Å². The Balaban J connectivity index is 3.47. The van der Waals surface area contributed by atoms with E-state index in [0.717, 1.165) is 39.1 Å². The molecule has 0 N–H and O–H groups in total. The van der Waals surface area contributed by atoms with Gasteiger partial charge in [-0.25, -0.2) is 0 Å². The second-order valence-corrected chi connectivity index (χ2v) is 6.21. The van der Waals surface area contributed by atoms with Crippen molar-refractivity contribution < 1.29 is 9.05 Å². The van der Waals surface area contributed by atoms with E-state index in [4.69, 9.17) is 9.05 Å². The summed E-state index contributed by atoms with van der Waals surface area (Å²) in [7, 11) is 0. The fraction of sp³-hybridized carbons (Fsp3) is 1.00. The van der Waals surface area contributed by atoms with Crippen LogP contribution in [0.1, 0.15) is 40.0 Å². The molecule has 0 spiro atoms. The van der Waals surface area contributed by atoms with Gasteiger partial charge in [-0.05, 0) is 0 Å². The molecule has 0 aliphatic rings. The minimum absolute atomic E-state index is 0.774. The first-order chi connectivity index (χ1) is 6.35. The summed E-state index contributed by atoms with van der Waals surface area (Å²) in [4.78, 5) is 0. The zero-order valence-electron chi connectivity index (χ0n) is 8.91. The first-order valence-electron chi connectivity index (χ1n) is 5.04. The van der Waals surface area contributed by atoms with Crippen molar-refractivity contribution in [2.75, 3.05) is 19.8 Å². The molecular weight excluding hydrogens is 278 g/mol. The molecule has 13 heavy (non-hydrogen) atoms. The summed E-state index contributed by atoms with van der Waals surface area (Å²) in [5, 5.41) is 0. The fourth-order valence-electron chi connectivity index (χ4n) is 0.609. The third kappa shape index (κ3) is 9.01. The number of rotatable bonds is 9. The summed E-state index contributed by atoms with van der Waals surface area (Å²) in [6.07, 6.45) is 3.10. The molecule has 0 fully saturated rings. The van der Waals surface area contributed by atoms with Crippen LogP contribution in [0.5, 0.6) is 0 Å².